The number of ether oxygens (including phenoxy) is 1. The molecule has 3 amide bonds. The van der Waals surface area contributed by atoms with Crippen LogP contribution in [0.5, 0.6) is 0 Å². The Kier molecular flexibility index (Phi) is 7.97. The Bertz CT molecular complexity index is 372. The Morgan fingerprint density at radius 1 is 1.26 bits per heavy atom. The fourth-order valence-electron chi connectivity index (χ4n) is 1.20. The van der Waals surface area contributed by atoms with Crippen molar-refractivity contribution < 1.29 is 23.3 Å². The molecule has 0 radical (unpaired) electrons. The molecular weight excluding hydrogens is 272 g/mol. The molecule has 0 saturated carbocycles. The Morgan fingerprint density at radius 3 is 2.32 bits per heavy atom. The van der Waals surface area contributed by atoms with Gasteiger partial charge >= 0.3 is 12.0 Å². The zero-order valence-electron chi connectivity index (χ0n) is 11.5. The molecule has 7 nitrogen and oxygen atoms in total. The molecule has 0 fully saturated rings. The third kappa shape index (κ3) is 6.32. The van der Waals surface area contributed by atoms with Gasteiger partial charge in [-0.25, -0.2) is 4.79 Å². The van der Waals surface area contributed by atoms with Gasteiger partial charge in [0.15, 0.2) is 0 Å². The van der Waals surface area contributed by atoms with Gasteiger partial charge in [-0.15, -0.1) is 0 Å². The fourth-order valence-corrected chi connectivity index (χ4v) is 2.41. The molecule has 0 aliphatic heterocycles. The lowest BCUT2D eigenvalue weighted by atomic mass is 10.2. The van der Waals surface area contributed by atoms with Crippen molar-refractivity contribution >= 4 is 28.7 Å². The summed E-state index contributed by atoms with van der Waals surface area (Å²) in [5.41, 5.74) is 0. The van der Waals surface area contributed by atoms with E-state index in [0.29, 0.717) is 6.54 Å². The number of nitrogens with one attached hydrogen (secondary N) is 2. The molecule has 0 aromatic heterocycles. The van der Waals surface area contributed by atoms with Gasteiger partial charge in [-0.1, -0.05) is 6.92 Å². The highest BCUT2D eigenvalue weighted by molar-refractivity contribution is 7.86. The number of carbonyl (C=O) groups excluding carboxylic acids is 3. The first-order chi connectivity index (χ1) is 8.83. The van der Waals surface area contributed by atoms with Crippen LogP contribution in [0.25, 0.3) is 0 Å². The summed E-state index contributed by atoms with van der Waals surface area (Å²) >= 11 is 0. The minimum absolute atomic E-state index is 0.0106. The highest BCUT2D eigenvalue weighted by atomic mass is 32.2. The standard InChI is InChI=1S/C11H20N2O5S/c1-5-12-11(16)13-9(14)8(3)19(17)6-7(2)10(15)18-4/h7-8H,5-6H2,1-4H3,(H2,12,13,14,16). The van der Waals surface area contributed by atoms with Gasteiger partial charge in [-0.3, -0.25) is 19.1 Å². The third-order valence-corrected chi connectivity index (χ3v) is 4.19. The number of methoxy groups -OCH3 is 1. The van der Waals surface area contributed by atoms with Gasteiger partial charge in [-0.05, 0) is 13.8 Å². The predicted octanol–water partition coefficient (Wildman–Crippen LogP) is -0.222. The van der Waals surface area contributed by atoms with Crippen molar-refractivity contribution in [2.24, 2.45) is 5.92 Å². The van der Waals surface area contributed by atoms with E-state index in [1.165, 1.54) is 14.0 Å². The van der Waals surface area contributed by atoms with Gasteiger partial charge in [0.05, 0.1) is 13.0 Å². The van der Waals surface area contributed by atoms with E-state index in [-0.39, 0.29) is 5.75 Å². The number of esters is 1. The first kappa shape index (κ1) is 17.6. The van der Waals surface area contributed by atoms with Gasteiger partial charge < -0.3 is 10.1 Å². The van der Waals surface area contributed by atoms with Gasteiger partial charge in [0, 0.05) is 23.1 Å². The number of urea groups is 1. The first-order valence-electron chi connectivity index (χ1n) is 5.87. The van der Waals surface area contributed by atoms with Crippen LogP contribution in [-0.4, -0.2) is 46.8 Å². The predicted molar refractivity (Wildman–Crippen MR) is 70.9 cm³/mol. The van der Waals surface area contributed by atoms with Gasteiger partial charge in [-0.2, -0.15) is 0 Å². The summed E-state index contributed by atoms with van der Waals surface area (Å²) < 4.78 is 16.4. The van der Waals surface area contributed by atoms with Crippen LogP contribution in [0.2, 0.25) is 0 Å². The molecule has 0 heterocycles. The topological polar surface area (TPSA) is 102 Å². The molecule has 3 atom stereocenters. The minimum Gasteiger partial charge on any atom is -0.469 e. The lowest BCUT2D eigenvalue weighted by Gasteiger charge is -2.14. The number of rotatable bonds is 6. The maximum Gasteiger partial charge on any atom is 0.321 e. The average molecular weight is 292 g/mol. The first-order valence-corrected chi connectivity index (χ1v) is 7.25. The van der Waals surface area contributed by atoms with Crippen LogP contribution in [0.3, 0.4) is 0 Å². The number of carbonyl (C=O) groups is 3. The van der Waals surface area contributed by atoms with Gasteiger partial charge in [0.2, 0.25) is 5.91 Å². The minimum atomic E-state index is -1.56. The second kappa shape index (κ2) is 8.63. The Hall–Kier alpha value is -1.44. The summed E-state index contributed by atoms with van der Waals surface area (Å²) in [5, 5.41) is 3.59. The van der Waals surface area contributed by atoms with Crippen molar-refractivity contribution in [1.29, 1.82) is 0 Å². The Morgan fingerprint density at radius 2 is 1.84 bits per heavy atom. The number of hydrogen-bond acceptors (Lipinski definition) is 5. The quantitative estimate of drug-likeness (QED) is 0.659. The van der Waals surface area contributed by atoms with E-state index in [2.05, 4.69) is 15.4 Å². The van der Waals surface area contributed by atoms with Crippen LogP contribution in [0.4, 0.5) is 4.79 Å². The van der Waals surface area contributed by atoms with Gasteiger partial charge in [0.1, 0.15) is 5.25 Å². The lowest BCUT2D eigenvalue weighted by Crippen LogP contribution is -2.45. The molecule has 19 heavy (non-hydrogen) atoms. The average Bonchev–Trinajstić information content (AvgIpc) is 2.36. The van der Waals surface area contributed by atoms with E-state index in [1.807, 2.05) is 0 Å². The van der Waals surface area contributed by atoms with Crippen LogP contribution in [0, 0.1) is 5.92 Å². The zero-order valence-corrected chi connectivity index (χ0v) is 12.3. The molecule has 110 valence electrons. The molecule has 0 aromatic rings. The van der Waals surface area contributed by atoms with E-state index < -0.39 is 39.9 Å². The van der Waals surface area contributed by atoms with Crippen molar-refractivity contribution in [3.63, 3.8) is 0 Å². The molecule has 8 heteroatoms. The summed E-state index contributed by atoms with van der Waals surface area (Å²) in [6.45, 7) is 5.10. The van der Waals surface area contributed by atoms with Crippen molar-refractivity contribution in [2.75, 3.05) is 19.4 Å². The maximum absolute atomic E-state index is 11.9. The molecule has 0 aliphatic rings. The summed E-state index contributed by atoms with van der Waals surface area (Å²) in [7, 11) is -0.317. The number of imide groups is 1. The largest absolute Gasteiger partial charge is 0.469 e. The second-order valence-electron chi connectivity index (χ2n) is 3.96. The van der Waals surface area contributed by atoms with E-state index in [1.54, 1.807) is 13.8 Å². The third-order valence-electron chi connectivity index (χ3n) is 2.36. The normalized spacial score (nSPS) is 14.9. The van der Waals surface area contributed by atoms with E-state index >= 15 is 0 Å². The zero-order chi connectivity index (χ0) is 15.0. The molecule has 0 spiro atoms. The van der Waals surface area contributed by atoms with Gasteiger partial charge in [0.25, 0.3) is 0 Å². The molecule has 0 saturated heterocycles. The van der Waals surface area contributed by atoms with E-state index in [9.17, 15) is 18.6 Å². The van der Waals surface area contributed by atoms with Crippen molar-refractivity contribution in [3.8, 4) is 0 Å². The van der Waals surface area contributed by atoms with Crippen LogP contribution >= 0.6 is 0 Å². The Balaban J connectivity index is 4.36. The van der Waals surface area contributed by atoms with Crippen molar-refractivity contribution in [3.05, 3.63) is 0 Å². The summed E-state index contributed by atoms with van der Waals surface area (Å²) in [6, 6.07) is -0.627. The highest BCUT2D eigenvalue weighted by Crippen LogP contribution is 2.05. The summed E-state index contributed by atoms with van der Waals surface area (Å²) in [6.07, 6.45) is 0. The van der Waals surface area contributed by atoms with Crippen molar-refractivity contribution in [1.82, 2.24) is 10.6 Å². The molecule has 0 rings (SSSR count). The van der Waals surface area contributed by atoms with Crippen LogP contribution in [-0.2, 0) is 25.1 Å². The van der Waals surface area contributed by atoms with Crippen LogP contribution in [0.15, 0.2) is 0 Å². The lowest BCUT2D eigenvalue weighted by molar-refractivity contribution is -0.144. The summed E-state index contributed by atoms with van der Waals surface area (Å²) in [4.78, 5) is 33.9. The smallest absolute Gasteiger partial charge is 0.321 e. The maximum atomic E-state index is 11.9. The number of hydrogen-bond donors (Lipinski definition) is 2. The van der Waals surface area contributed by atoms with E-state index in [4.69, 9.17) is 0 Å². The monoisotopic (exact) mass is 292 g/mol. The number of amides is 3. The molecule has 3 unspecified atom stereocenters. The van der Waals surface area contributed by atoms with Crippen LogP contribution in [0.1, 0.15) is 20.8 Å². The Labute approximate surface area is 114 Å². The molecule has 2 N–H and O–H groups in total. The molecule has 0 aromatic carbocycles. The highest BCUT2D eigenvalue weighted by Gasteiger charge is 2.25. The SMILES string of the molecule is CCNC(=O)NC(=O)C(C)S(=O)CC(C)C(=O)OC. The van der Waals surface area contributed by atoms with Crippen LogP contribution < -0.4 is 10.6 Å². The van der Waals surface area contributed by atoms with E-state index in [0.717, 1.165) is 0 Å². The fraction of sp³-hybridized carbons (Fsp3) is 0.727. The molecular formula is C11H20N2O5S. The van der Waals surface area contributed by atoms with Crippen molar-refractivity contribution in [2.45, 2.75) is 26.0 Å². The molecule has 0 bridgehead atoms. The molecule has 0 aliphatic carbocycles. The second-order valence-corrected chi connectivity index (χ2v) is 5.76. The summed E-state index contributed by atoms with van der Waals surface area (Å²) in [5.74, 6) is -1.67.